The van der Waals surface area contributed by atoms with Crippen molar-refractivity contribution in [2.24, 2.45) is 50.2 Å². The van der Waals surface area contributed by atoms with Crippen molar-refractivity contribution in [1.82, 2.24) is 4.90 Å². The van der Waals surface area contributed by atoms with Crippen molar-refractivity contribution in [3.63, 3.8) is 0 Å². The van der Waals surface area contributed by atoms with E-state index in [-0.39, 0.29) is 53.1 Å². The fraction of sp³-hybridized carbons (Fsp3) is 0.756. The second-order valence-electron chi connectivity index (χ2n) is 20.2. The van der Waals surface area contributed by atoms with E-state index in [2.05, 4.69) is 43.5 Å². The number of aliphatic hydroxyl groups is 2. The van der Waals surface area contributed by atoms with Crippen LogP contribution in [0.1, 0.15) is 129 Å². The number of ketones is 1. The Hall–Kier alpha value is -2.29. The van der Waals surface area contributed by atoms with Gasteiger partial charge in [-0.05, 0) is 113 Å². The average Bonchev–Trinajstić information content (AvgIpc) is 3.84. The first-order chi connectivity index (χ1) is 25.0. The van der Waals surface area contributed by atoms with Crippen molar-refractivity contribution >= 4 is 29.0 Å². The number of Topliss-reactive ketones (excluding diaryl/α,β-unsaturated/α-hetero) is 1. The number of carbonyl (C=O) groups is 3. The molecular weight excluding hydrogens is 683 g/mol. The number of aliphatic hydroxyl groups excluding tert-OH is 1. The summed E-state index contributed by atoms with van der Waals surface area (Å²) >= 11 is 1.68. The van der Waals surface area contributed by atoms with Gasteiger partial charge in [0.05, 0.1) is 23.7 Å². The minimum atomic E-state index is -1.25. The van der Waals surface area contributed by atoms with Crippen LogP contribution in [0.5, 0.6) is 0 Å². The number of esters is 1. The molecule has 288 valence electrons. The predicted octanol–water partition coefficient (Wildman–Crippen LogP) is 7.98. The van der Waals surface area contributed by atoms with Gasteiger partial charge in [0, 0.05) is 44.6 Å². The summed E-state index contributed by atoms with van der Waals surface area (Å²) in [5.41, 5.74) is -4.28. The molecule has 1 aromatic rings. The Labute approximate surface area is 320 Å². The Balaban J connectivity index is 1.10. The zero-order chi connectivity index (χ0) is 37.5. The van der Waals surface area contributed by atoms with Gasteiger partial charge in [-0.25, -0.2) is 0 Å². The van der Waals surface area contributed by atoms with E-state index in [0.717, 1.165) is 63.4 Å². The number of amides is 1. The summed E-state index contributed by atoms with van der Waals surface area (Å²) in [7, 11) is 0. The van der Waals surface area contributed by atoms with E-state index >= 15 is 4.79 Å². The van der Waals surface area contributed by atoms with E-state index in [0.29, 0.717) is 44.4 Å². The molecule has 6 fully saturated rings. The summed E-state index contributed by atoms with van der Waals surface area (Å²) in [4.78, 5) is 46.5. The summed E-state index contributed by atoms with van der Waals surface area (Å²) in [6.45, 7) is 11.3. The van der Waals surface area contributed by atoms with Crippen molar-refractivity contribution in [1.29, 1.82) is 0 Å². The van der Waals surface area contributed by atoms with Crippen molar-refractivity contribution in [2.75, 3.05) is 13.1 Å². The molecule has 10 rings (SSSR count). The molecule has 0 aromatic carbocycles. The van der Waals surface area contributed by atoms with Crippen LogP contribution in [0.15, 0.2) is 41.3 Å². The molecule has 10 unspecified atom stereocenters. The highest BCUT2D eigenvalue weighted by Crippen LogP contribution is 2.78. The molecule has 1 aromatic heterocycles. The SMILES string of the molecule is CC12CCC(C(=O)N(CCc3cccs3)CC3(O)CCC4C56C=CC7(C=C5C(=O)C5CCCCC5)CC(O)CCC7(C)C6CCC43C)(OC1=O)C2(C)C. The van der Waals surface area contributed by atoms with Crippen molar-refractivity contribution in [3.05, 3.63) is 46.2 Å². The molecule has 2 spiro atoms. The van der Waals surface area contributed by atoms with Gasteiger partial charge in [-0.3, -0.25) is 14.4 Å². The monoisotopic (exact) mass is 743 g/mol. The van der Waals surface area contributed by atoms with E-state index in [1.54, 1.807) is 11.3 Å². The first-order valence-electron chi connectivity index (χ1n) is 21.0. The third-order valence-electron chi connectivity index (χ3n) is 18.3. The lowest BCUT2D eigenvalue weighted by Gasteiger charge is -2.71. The molecule has 5 saturated carbocycles. The number of allylic oxidation sites excluding steroid dienone is 4. The van der Waals surface area contributed by atoms with Gasteiger partial charge in [0.2, 0.25) is 0 Å². The third kappa shape index (κ3) is 4.44. The Morgan fingerprint density at radius 3 is 2.30 bits per heavy atom. The number of fused-ring (bicyclic) bond motifs is 3. The van der Waals surface area contributed by atoms with Gasteiger partial charge in [0.15, 0.2) is 11.4 Å². The van der Waals surface area contributed by atoms with Crippen LogP contribution in [0, 0.1) is 50.2 Å². The fourth-order valence-corrected chi connectivity index (χ4v) is 15.1. The van der Waals surface area contributed by atoms with E-state index in [1.807, 2.05) is 31.7 Å². The van der Waals surface area contributed by atoms with Gasteiger partial charge in [0.1, 0.15) is 0 Å². The van der Waals surface area contributed by atoms with Gasteiger partial charge < -0.3 is 19.8 Å². The summed E-state index contributed by atoms with van der Waals surface area (Å²) < 4.78 is 6.17. The minimum absolute atomic E-state index is 0.0405. The molecule has 0 radical (unpaired) electrons. The van der Waals surface area contributed by atoms with Gasteiger partial charge in [-0.2, -0.15) is 0 Å². The maximum absolute atomic E-state index is 15.1. The van der Waals surface area contributed by atoms with Crippen LogP contribution < -0.4 is 0 Å². The molecule has 7 nitrogen and oxygen atoms in total. The molecule has 9 aliphatic rings. The largest absolute Gasteiger partial charge is 0.448 e. The fourth-order valence-electron chi connectivity index (χ4n) is 14.4. The van der Waals surface area contributed by atoms with E-state index < -0.39 is 32.9 Å². The van der Waals surface area contributed by atoms with Crippen LogP contribution in [0.2, 0.25) is 0 Å². The van der Waals surface area contributed by atoms with Gasteiger partial charge in [-0.1, -0.05) is 71.3 Å². The number of rotatable bonds is 8. The summed E-state index contributed by atoms with van der Waals surface area (Å²) in [5.74, 6) is 0.211. The third-order valence-corrected chi connectivity index (χ3v) is 19.3. The molecule has 2 N–H and O–H groups in total. The first kappa shape index (κ1) is 36.4. The second-order valence-corrected chi connectivity index (χ2v) is 21.3. The highest BCUT2D eigenvalue weighted by atomic mass is 32.1. The van der Waals surface area contributed by atoms with Crippen molar-refractivity contribution in [2.45, 2.75) is 148 Å². The molecule has 2 heterocycles. The molecular formula is C45H61NO6S. The second kappa shape index (κ2) is 11.6. The zero-order valence-corrected chi connectivity index (χ0v) is 33.5. The molecule has 1 aliphatic heterocycles. The lowest BCUT2D eigenvalue weighted by atomic mass is 9.32. The molecule has 10 atom stereocenters. The maximum Gasteiger partial charge on any atom is 0.313 e. The summed E-state index contributed by atoms with van der Waals surface area (Å²) in [6, 6.07) is 4.13. The molecule has 8 aliphatic carbocycles. The Kier molecular flexibility index (Phi) is 7.98. The van der Waals surface area contributed by atoms with Crippen LogP contribution in [-0.2, 0) is 25.5 Å². The van der Waals surface area contributed by atoms with Crippen LogP contribution >= 0.6 is 11.3 Å². The lowest BCUT2D eigenvalue weighted by molar-refractivity contribution is -0.188. The van der Waals surface area contributed by atoms with E-state index in [4.69, 9.17) is 4.74 Å². The quantitative estimate of drug-likeness (QED) is 0.207. The molecule has 8 heteroatoms. The molecule has 4 bridgehead atoms. The Morgan fingerprint density at radius 1 is 0.906 bits per heavy atom. The first-order valence-corrected chi connectivity index (χ1v) is 21.8. The topological polar surface area (TPSA) is 104 Å². The van der Waals surface area contributed by atoms with Crippen LogP contribution in [0.25, 0.3) is 0 Å². The number of thiophene rings is 1. The number of hydrogen-bond donors (Lipinski definition) is 2. The van der Waals surface area contributed by atoms with E-state index in [9.17, 15) is 19.8 Å². The number of ether oxygens (including phenoxy) is 1. The standard InChI is InChI=1S/C45H61NO6S/c1-38(2)41(5)20-23-45(38,52-37(41)50)36(49)46(24-16-31-12-9-25-53-31)28-43(51)19-15-34-40(43,4)18-14-33-39(3)17-13-30(47)26-42(39)21-22-44(33,34)32(27-42)35(48)29-10-7-6-8-11-29/h9,12,21-22,25,27,29-30,33-34,47,51H,6-8,10-11,13-20,23-24,26,28H2,1-5H3. The highest BCUT2D eigenvalue weighted by molar-refractivity contribution is 7.09. The highest BCUT2D eigenvalue weighted by Gasteiger charge is 2.78. The number of hydrogen-bond acceptors (Lipinski definition) is 7. The summed E-state index contributed by atoms with van der Waals surface area (Å²) in [5, 5.41) is 26.5. The molecule has 1 saturated heterocycles. The van der Waals surface area contributed by atoms with Crippen LogP contribution in [0.3, 0.4) is 0 Å². The van der Waals surface area contributed by atoms with Crippen LogP contribution in [-0.4, -0.2) is 63.2 Å². The van der Waals surface area contributed by atoms with E-state index in [1.165, 1.54) is 11.3 Å². The van der Waals surface area contributed by atoms with Gasteiger partial charge in [0.25, 0.3) is 5.91 Å². The molecule has 53 heavy (non-hydrogen) atoms. The minimum Gasteiger partial charge on any atom is -0.448 e. The normalized spacial score (nSPS) is 46.4. The lowest BCUT2D eigenvalue weighted by Crippen LogP contribution is -2.68. The number of nitrogens with zero attached hydrogens (tertiary/aromatic N) is 1. The predicted molar refractivity (Wildman–Crippen MR) is 205 cm³/mol. The smallest absolute Gasteiger partial charge is 0.313 e. The van der Waals surface area contributed by atoms with Gasteiger partial charge >= 0.3 is 5.97 Å². The van der Waals surface area contributed by atoms with Crippen LogP contribution in [0.4, 0.5) is 0 Å². The van der Waals surface area contributed by atoms with Gasteiger partial charge in [-0.15, -0.1) is 11.3 Å². The zero-order valence-electron chi connectivity index (χ0n) is 32.7. The summed E-state index contributed by atoms with van der Waals surface area (Å²) in [6.07, 6.45) is 19.3. The average molecular weight is 744 g/mol. The Morgan fingerprint density at radius 2 is 1.62 bits per heavy atom. The molecule has 1 amide bonds. The van der Waals surface area contributed by atoms with Crippen molar-refractivity contribution in [3.8, 4) is 0 Å². The maximum atomic E-state index is 15.1. The van der Waals surface area contributed by atoms with Crippen molar-refractivity contribution < 1.29 is 29.3 Å². The number of carbonyl (C=O) groups excluding carboxylic acids is 3. The Bertz CT molecular complexity index is 1780.